The summed E-state index contributed by atoms with van der Waals surface area (Å²) in [6.07, 6.45) is 9.58. The van der Waals surface area contributed by atoms with Gasteiger partial charge in [0.1, 0.15) is 6.29 Å². The van der Waals surface area contributed by atoms with Crippen LogP contribution in [0.2, 0.25) is 0 Å². The van der Waals surface area contributed by atoms with Crippen molar-refractivity contribution in [2.45, 2.75) is 45.4 Å². The van der Waals surface area contributed by atoms with Crippen molar-refractivity contribution < 1.29 is 4.79 Å². The number of fused-ring (bicyclic) bond motifs is 9. The Labute approximate surface area is 98.0 Å². The van der Waals surface area contributed by atoms with Crippen LogP contribution in [-0.2, 0) is 4.79 Å². The molecule has 4 aliphatic rings. The summed E-state index contributed by atoms with van der Waals surface area (Å²) >= 11 is 0. The van der Waals surface area contributed by atoms with Gasteiger partial charge >= 0.3 is 0 Å². The summed E-state index contributed by atoms with van der Waals surface area (Å²) in [5.41, 5.74) is 0.107. The molecule has 4 bridgehead atoms. The maximum Gasteiger partial charge on any atom is 0.126 e. The van der Waals surface area contributed by atoms with Crippen molar-refractivity contribution >= 4 is 6.29 Å². The summed E-state index contributed by atoms with van der Waals surface area (Å²) in [7, 11) is 0. The average Bonchev–Trinajstić information content (AvgIpc) is 3.05. The van der Waals surface area contributed by atoms with E-state index in [4.69, 9.17) is 0 Å². The van der Waals surface area contributed by atoms with Crippen LogP contribution in [0.25, 0.3) is 0 Å². The largest absolute Gasteiger partial charge is 0.303 e. The van der Waals surface area contributed by atoms with Gasteiger partial charge in [0.15, 0.2) is 0 Å². The molecule has 4 rings (SSSR count). The Morgan fingerprint density at radius 1 is 1.12 bits per heavy atom. The molecule has 0 aromatic carbocycles. The second-order valence-corrected chi connectivity index (χ2v) is 7.00. The molecule has 0 saturated heterocycles. The molecule has 4 fully saturated rings. The number of hydrogen-bond donors (Lipinski definition) is 0. The van der Waals surface area contributed by atoms with Gasteiger partial charge in [-0.2, -0.15) is 0 Å². The van der Waals surface area contributed by atoms with Gasteiger partial charge in [-0.25, -0.2) is 0 Å². The summed E-state index contributed by atoms with van der Waals surface area (Å²) in [6.45, 7) is 2.23. The van der Waals surface area contributed by atoms with Crippen LogP contribution in [0.5, 0.6) is 0 Å². The summed E-state index contributed by atoms with van der Waals surface area (Å²) in [4.78, 5) is 11.5. The van der Waals surface area contributed by atoms with E-state index >= 15 is 0 Å². The lowest BCUT2D eigenvalue weighted by molar-refractivity contribution is -0.122. The van der Waals surface area contributed by atoms with E-state index < -0.39 is 0 Å². The van der Waals surface area contributed by atoms with Crippen LogP contribution >= 0.6 is 0 Å². The fraction of sp³-hybridized carbons (Fsp3) is 0.933. The summed E-state index contributed by atoms with van der Waals surface area (Å²) in [5, 5.41) is 0. The minimum atomic E-state index is 0.107. The molecule has 0 spiro atoms. The third kappa shape index (κ3) is 0.889. The van der Waals surface area contributed by atoms with Gasteiger partial charge in [0, 0.05) is 5.41 Å². The first-order valence-corrected chi connectivity index (χ1v) is 7.25. The van der Waals surface area contributed by atoms with E-state index in [1.165, 1.54) is 38.4 Å². The maximum atomic E-state index is 11.5. The summed E-state index contributed by atoms with van der Waals surface area (Å²) in [6, 6.07) is 0. The van der Waals surface area contributed by atoms with Gasteiger partial charge in [0.2, 0.25) is 0 Å². The van der Waals surface area contributed by atoms with E-state index in [1.807, 2.05) is 0 Å². The molecule has 0 amide bonds. The molecule has 88 valence electrons. The molecular weight excluding hydrogens is 196 g/mol. The number of carbonyl (C=O) groups excluding carboxylic acids is 1. The molecule has 1 nitrogen and oxygen atoms in total. The van der Waals surface area contributed by atoms with Crippen molar-refractivity contribution in [2.24, 2.45) is 40.9 Å². The zero-order valence-electron chi connectivity index (χ0n) is 10.2. The molecule has 1 heteroatoms. The third-order valence-corrected chi connectivity index (χ3v) is 6.89. The minimum absolute atomic E-state index is 0.107. The minimum Gasteiger partial charge on any atom is -0.303 e. The number of rotatable bonds is 2. The highest BCUT2D eigenvalue weighted by atomic mass is 16.1. The monoisotopic (exact) mass is 218 g/mol. The Hall–Kier alpha value is -0.330. The molecule has 16 heavy (non-hydrogen) atoms. The molecule has 0 radical (unpaired) electrons. The number of carbonyl (C=O) groups is 1. The van der Waals surface area contributed by atoms with Crippen molar-refractivity contribution in [3.8, 4) is 0 Å². The second kappa shape index (κ2) is 2.91. The van der Waals surface area contributed by atoms with E-state index in [9.17, 15) is 4.79 Å². The lowest BCUT2D eigenvalue weighted by Crippen LogP contribution is -2.40. The van der Waals surface area contributed by atoms with Gasteiger partial charge in [0.05, 0.1) is 0 Å². The van der Waals surface area contributed by atoms with E-state index in [0.717, 1.165) is 41.9 Å². The Kier molecular flexibility index (Phi) is 1.76. The van der Waals surface area contributed by atoms with Crippen molar-refractivity contribution in [2.75, 3.05) is 0 Å². The zero-order chi connectivity index (χ0) is 10.9. The SMILES string of the molecule is CCC1(C=O)CC2CC1C1C3CCC(C3)C21. The second-order valence-electron chi connectivity index (χ2n) is 7.00. The van der Waals surface area contributed by atoms with Gasteiger partial charge in [-0.1, -0.05) is 6.92 Å². The van der Waals surface area contributed by atoms with Crippen LogP contribution in [0.15, 0.2) is 0 Å². The topological polar surface area (TPSA) is 17.1 Å². The standard InChI is InChI=1S/C15H22O/c1-2-15(8-16)7-11-6-12(15)14-10-4-3-9(5-10)13(11)14/h8-14H,2-7H2,1H3. The highest BCUT2D eigenvalue weighted by molar-refractivity contribution is 5.61. The molecule has 0 aromatic heterocycles. The molecule has 0 heterocycles. The quantitative estimate of drug-likeness (QED) is 0.513. The number of hydrogen-bond acceptors (Lipinski definition) is 1. The predicted octanol–water partition coefficient (Wildman–Crippen LogP) is 3.28. The van der Waals surface area contributed by atoms with Gasteiger partial charge < -0.3 is 4.79 Å². The van der Waals surface area contributed by atoms with E-state index in [-0.39, 0.29) is 5.41 Å². The van der Waals surface area contributed by atoms with Crippen molar-refractivity contribution in [3.05, 3.63) is 0 Å². The summed E-state index contributed by atoms with van der Waals surface area (Å²) < 4.78 is 0. The van der Waals surface area contributed by atoms with Crippen LogP contribution in [0.3, 0.4) is 0 Å². The highest BCUT2D eigenvalue weighted by Crippen LogP contribution is 2.71. The van der Waals surface area contributed by atoms with Gasteiger partial charge in [-0.3, -0.25) is 0 Å². The first kappa shape index (κ1) is 9.67. The van der Waals surface area contributed by atoms with Crippen LogP contribution in [0.4, 0.5) is 0 Å². The molecule has 4 saturated carbocycles. The maximum absolute atomic E-state index is 11.5. The molecular formula is C15H22O. The van der Waals surface area contributed by atoms with E-state index in [0.29, 0.717) is 0 Å². The Morgan fingerprint density at radius 3 is 2.56 bits per heavy atom. The first-order chi connectivity index (χ1) is 7.79. The van der Waals surface area contributed by atoms with E-state index in [2.05, 4.69) is 6.92 Å². The lowest BCUT2D eigenvalue weighted by atomic mass is 9.60. The van der Waals surface area contributed by atoms with Crippen LogP contribution in [0, 0.1) is 40.9 Å². The molecule has 7 unspecified atom stereocenters. The van der Waals surface area contributed by atoms with Crippen LogP contribution in [0.1, 0.15) is 45.4 Å². The highest BCUT2D eigenvalue weighted by Gasteiger charge is 2.66. The van der Waals surface area contributed by atoms with Gasteiger partial charge in [-0.15, -0.1) is 0 Å². The lowest BCUT2D eigenvalue weighted by Gasteiger charge is -2.43. The van der Waals surface area contributed by atoms with Crippen LogP contribution < -0.4 is 0 Å². The van der Waals surface area contributed by atoms with Crippen molar-refractivity contribution in [1.82, 2.24) is 0 Å². The van der Waals surface area contributed by atoms with Gasteiger partial charge in [0.25, 0.3) is 0 Å². The predicted molar refractivity (Wildman–Crippen MR) is 62.8 cm³/mol. The molecule has 0 aliphatic heterocycles. The summed E-state index contributed by atoms with van der Waals surface area (Å²) in [5.74, 6) is 5.78. The van der Waals surface area contributed by atoms with E-state index in [1.54, 1.807) is 0 Å². The van der Waals surface area contributed by atoms with Crippen molar-refractivity contribution in [3.63, 3.8) is 0 Å². The molecule has 4 aliphatic carbocycles. The normalized spacial score (nSPS) is 61.6. The van der Waals surface area contributed by atoms with Crippen LogP contribution in [-0.4, -0.2) is 6.29 Å². The number of aldehydes is 1. The smallest absolute Gasteiger partial charge is 0.126 e. The first-order valence-electron chi connectivity index (χ1n) is 7.25. The fourth-order valence-corrected chi connectivity index (χ4v) is 6.42. The Balaban J connectivity index is 1.72. The molecule has 7 atom stereocenters. The average molecular weight is 218 g/mol. The third-order valence-electron chi connectivity index (χ3n) is 6.89. The molecule has 0 N–H and O–H groups in total. The van der Waals surface area contributed by atoms with Crippen molar-refractivity contribution in [1.29, 1.82) is 0 Å². The van der Waals surface area contributed by atoms with Gasteiger partial charge in [-0.05, 0) is 74.0 Å². The zero-order valence-corrected chi connectivity index (χ0v) is 10.2. The fourth-order valence-electron chi connectivity index (χ4n) is 6.42. The molecule has 0 aromatic rings. The Bertz CT molecular complexity index is 336. The Morgan fingerprint density at radius 2 is 1.88 bits per heavy atom.